The molecule has 0 fully saturated rings. The molecule has 0 radical (unpaired) electrons. The summed E-state index contributed by atoms with van der Waals surface area (Å²) in [5, 5.41) is 3.91. The molecule has 4 rings (SSSR count). The predicted octanol–water partition coefficient (Wildman–Crippen LogP) is 6.40. The standard InChI is InChI=1S/C27H26N2O2/c1-16-10-12-20(13-11-16)26-19(4)24(21-15-17(2)14-18(3)25(21)29-26)27(30)28-22-8-6-7-9-23(22)31-5/h6-15H,1-5H3,(H,28,30). The molecule has 0 unspecified atom stereocenters. The van der Waals surface area contributed by atoms with Gasteiger partial charge in [0.1, 0.15) is 5.75 Å². The molecule has 0 atom stereocenters. The zero-order valence-corrected chi connectivity index (χ0v) is 18.5. The molecule has 1 aromatic heterocycles. The maximum absolute atomic E-state index is 13.6. The number of amides is 1. The first-order chi connectivity index (χ1) is 14.9. The number of carbonyl (C=O) groups is 1. The van der Waals surface area contributed by atoms with Crippen LogP contribution in [0.15, 0.2) is 60.7 Å². The summed E-state index contributed by atoms with van der Waals surface area (Å²) < 4.78 is 5.42. The van der Waals surface area contributed by atoms with E-state index in [0.717, 1.165) is 38.9 Å². The second-order valence-electron chi connectivity index (χ2n) is 7.96. The molecule has 4 nitrogen and oxygen atoms in total. The van der Waals surface area contributed by atoms with Crippen molar-refractivity contribution in [2.75, 3.05) is 12.4 Å². The summed E-state index contributed by atoms with van der Waals surface area (Å²) in [5.41, 5.74) is 8.13. The predicted molar refractivity (Wildman–Crippen MR) is 127 cm³/mol. The smallest absolute Gasteiger partial charge is 0.256 e. The average molecular weight is 411 g/mol. The first-order valence-corrected chi connectivity index (χ1v) is 10.3. The topological polar surface area (TPSA) is 51.2 Å². The lowest BCUT2D eigenvalue weighted by atomic mass is 9.94. The van der Waals surface area contributed by atoms with Crippen LogP contribution in [0.2, 0.25) is 0 Å². The fourth-order valence-electron chi connectivity index (χ4n) is 4.03. The van der Waals surface area contributed by atoms with Crippen molar-refractivity contribution in [1.82, 2.24) is 4.98 Å². The monoisotopic (exact) mass is 410 g/mol. The van der Waals surface area contributed by atoms with Crippen molar-refractivity contribution >= 4 is 22.5 Å². The third kappa shape index (κ3) is 3.89. The van der Waals surface area contributed by atoms with Crippen LogP contribution in [0.25, 0.3) is 22.2 Å². The van der Waals surface area contributed by atoms with Crippen molar-refractivity contribution in [2.45, 2.75) is 27.7 Å². The highest BCUT2D eigenvalue weighted by Gasteiger charge is 2.21. The molecular weight excluding hydrogens is 384 g/mol. The highest BCUT2D eigenvalue weighted by Crippen LogP contribution is 2.33. The minimum Gasteiger partial charge on any atom is -0.495 e. The van der Waals surface area contributed by atoms with Crippen LogP contribution >= 0.6 is 0 Å². The molecule has 156 valence electrons. The molecule has 0 saturated heterocycles. The van der Waals surface area contributed by atoms with Gasteiger partial charge in [-0.25, -0.2) is 4.98 Å². The molecule has 1 heterocycles. The van der Waals surface area contributed by atoms with Gasteiger partial charge in [-0.05, 0) is 57.0 Å². The van der Waals surface area contributed by atoms with Gasteiger partial charge in [0.25, 0.3) is 5.91 Å². The lowest BCUT2D eigenvalue weighted by molar-refractivity contribution is 0.102. The molecule has 0 spiro atoms. The van der Waals surface area contributed by atoms with Crippen LogP contribution in [0.4, 0.5) is 5.69 Å². The van der Waals surface area contributed by atoms with E-state index in [1.165, 1.54) is 5.56 Å². The van der Waals surface area contributed by atoms with Crippen molar-refractivity contribution in [3.05, 3.63) is 88.5 Å². The Kier molecular flexibility index (Phi) is 5.47. The number of carbonyl (C=O) groups excluding carboxylic acids is 1. The van der Waals surface area contributed by atoms with Crippen LogP contribution in [0.5, 0.6) is 5.75 Å². The van der Waals surface area contributed by atoms with E-state index in [1.807, 2.05) is 51.1 Å². The summed E-state index contributed by atoms with van der Waals surface area (Å²) in [6.45, 7) is 8.11. The molecule has 3 aromatic carbocycles. The fraction of sp³-hybridized carbons (Fsp3) is 0.185. The van der Waals surface area contributed by atoms with Crippen LogP contribution in [0.1, 0.15) is 32.6 Å². The number of ether oxygens (including phenoxy) is 1. The number of aryl methyl sites for hydroxylation is 3. The SMILES string of the molecule is COc1ccccc1NC(=O)c1c(C)c(-c2ccc(C)cc2)nc2c(C)cc(C)cc12. The van der Waals surface area contributed by atoms with E-state index >= 15 is 0 Å². The van der Waals surface area contributed by atoms with Crippen LogP contribution in [-0.4, -0.2) is 18.0 Å². The Labute approximate surface area is 182 Å². The Morgan fingerprint density at radius 2 is 1.61 bits per heavy atom. The van der Waals surface area contributed by atoms with Crippen LogP contribution in [0.3, 0.4) is 0 Å². The van der Waals surface area contributed by atoms with Gasteiger partial charge in [-0.15, -0.1) is 0 Å². The second kappa shape index (κ2) is 8.23. The Morgan fingerprint density at radius 1 is 0.903 bits per heavy atom. The Hall–Kier alpha value is -3.66. The Balaban J connectivity index is 1.94. The number of fused-ring (bicyclic) bond motifs is 1. The fourth-order valence-corrected chi connectivity index (χ4v) is 4.03. The maximum atomic E-state index is 13.6. The van der Waals surface area contributed by atoms with Gasteiger partial charge in [-0.3, -0.25) is 4.79 Å². The molecule has 0 aliphatic rings. The second-order valence-corrected chi connectivity index (χ2v) is 7.96. The van der Waals surface area contributed by atoms with E-state index in [1.54, 1.807) is 7.11 Å². The zero-order chi connectivity index (χ0) is 22.1. The third-order valence-corrected chi connectivity index (χ3v) is 5.58. The molecule has 31 heavy (non-hydrogen) atoms. The van der Waals surface area contributed by atoms with E-state index < -0.39 is 0 Å². The van der Waals surface area contributed by atoms with Crippen LogP contribution < -0.4 is 10.1 Å². The highest BCUT2D eigenvalue weighted by molar-refractivity contribution is 6.15. The number of benzene rings is 3. The lowest BCUT2D eigenvalue weighted by Gasteiger charge is -2.17. The van der Waals surface area contributed by atoms with E-state index in [2.05, 4.69) is 42.6 Å². The van der Waals surface area contributed by atoms with Crippen molar-refractivity contribution in [1.29, 1.82) is 0 Å². The van der Waals surface area contributed by atoms with Gasteiger partial charge in [0.15, 0.2) is 0 Å². The normalized spacial score (nSPS) is 10.9. The number of anilines is 1. The number of pyridine rings is 1. The van der Waals surface area contributed by atoms with E-state index in [-0.39, 0.29) is 5.91 Å². The molecule has 1 N–H and O–H groups in total. The van der Waals surface area contributed by atoms with Crippen molar-refractivity contribution < 1.29 is 9.53 Å². The number of nitrogens with one attached hydrogen (secondary N) is 1. The number of nitrogens with zero attached hydrogens (tertiary/aromatic N) is 1. The number of hydrogen-bond acceptors (Lipinski definition) is 3. The minimum atomic E-state index is -0.173. The van der Waals surface area contributed by atoms with E-state index in [0.29, 0.717) is 17.0 Å². The maximum Gasteiger partial charge on any atom is 0.256 e. The van der Waals surface area contributed by atoms with Crippen molar-refractivity contribution in [2.24, 2.45) is 0 Å². The largest absolute Gasteiger partial charge is 0.495 e. The third-order valence-electron chi connectivity index (χ3n) is 5.58. The van der Waals surface area contributed by atoms with Gasteiger partial charge in [0.2, 0.25) is 0 Å². The molecule has 0 aliphatic carbocycles. The van der Waals surface area contributed by atoms with Crippen LogP contribution in [0, 0.1) is 27.7 Å². The average Bonchev–Trinajstić information content (AvgIpc) is 2.74. The number of methoxy groups -OCH3 is 1. The summed E-state index contributed by atoms with van der Waals surface area (Å²) in [6, 6.07) is 19.8. The number of hydrogen-bond donors (Lipinski definition) is 1. The molecule has 4 heteroatoms. The van der Waals surface area contributed by atoms with Crippen molar-refractivity contribution in [3.63, 3.8) is 0 Å². The lowest BCUT2D eigenvalue weighted by Crippen LogP contribution is -2.16. The van der Waals surface area contributed by atoms with Gasteiger partial charge in [-0.2, -0.15) is 0 Å². The first kappa shape index (κ1) is 20.6. The molecule has 1 amide bonds. The van der Waals surface area contributed by atoms with Gasteiger partial charge in [-0.1, -0.05) is 53.6 Å². The van der Waals surface area contributed by atoms with Gasteiger partial charge < -0.3 is 10.1 Å². The summed E-state index contributed by atoms with van der Waals surface area (Å²) in [4.78, 5) is 18.6. The van der Waals surface area contributed by atoms with Gasteiger partial charge in [0, 0.05) is 10.9 Å². The van der Waals surface area contributed by atoms with Gasteiger partial charge >= 0.3 is 0 Å². The van der Waals surface area contributed by atoms with Crippen LogP contribution in [-0.2, 0) is 0 Å². The number of aromatic nitrogens is 1. The molecule has 0 aliphatic heterocycles. The number of rotatable bonds is 4. The molecular formula is C27H26N2O2. The van der Waals surface area contributed by atoms with Crippen molar-refractivity contribution in [3.8, 4) is 17.0 Å². The quantitative estimate of drug-likeness (QED) is 0.424. The summed E-state index contributed by atoms with van der Waals surface area (Å²) in [7, 11) is 1.60. The molecule has 0 bridgehead atoms. The number of para-hydroxylation sites is 2. The van der Waals surface area contributed by atoms with Gasteiger partial charge in [0.05, 0.1) is 29.6 Å². The molecule has 4 aromatic rings. The highest BCUT2D eigenvalue weighted by atomic mass is 16.5. The first-order valence-electron chi connectivity index (χ1n) is 10.3. The van der Waals surface area contributed by atoms with E-state index in [9.17, 15) is 4.79 Å². The minimum absolute atomic E-state index is 0.173. The van der Waals surface area contributed by atoms with E-state index in [4.69, 9.17) is 9.72 Å². The molecule has 0 saturated carbocycles. The Bertz CT molecular complexity index is 1290. The Morgan fingerprint density at radius 3 is 2.32 bits per heavy atom. The summed E-state index contributed by atoms with van der Waals surface area (Å²) in [5.74, 6) is 0.450. The zero-order valence-electron chi connectivity index (χ0n) is 18.5. The summed E-state index contributed by atoms with van der Waals surface area (Å²) in [6.07, 6.45) is 0. The summed E-state index contributed by atoms with van der Waals surface area (Å²) >= 11 is 0.